The summed E-state index contributed by atoms with van der Waals surface area (Å²) in [6.45, 7) is 8.45. The molecule has 10 heteroatoms. The van der Waals surface area contributed by atoms with Crippen molar-refractivity contribution in [2.24, 2.45) is 17.8 Å². The number of hydrogen-bond donors (Lipinski definition) is 4. The molecule has 9 nitrogen and oxygen atoms in total. The van der Waals surface area contributed by atoms with Crippen LogP contribution in [0.25, 0.3) is 0 Å². The summed E-state index contributed by atoms with van der Waals surface area (Å²) < 4.78 is 19.4. The van der Waals surface area contributed by atoms with Gasteiger partial charge in [0, 0.05) is 6.61 Å². The Labute approximate surface area is 212 Å². The fourth-order valence-corrected chi connectivity index (χ4v) is 4.61. The fourth-order valence-electron chi connectivity index (χ4n) is 4.61. The van der Waals surface area contributed by atoms with Crippen molar-refractivity contribution in [3.05, 3.63) is 17.8 Å². The molecule has 1 aliphatic carbocycles. The second kappa shape index (κ2) is 12.2. The van der Waals surface area contributed by atoms with Gasteiger partial charge in [-0.1, -0.05) is 27.7 Å². The molecule has 0 aromatic carbocycles. The number of alkyl halides is 1. The number of rotatable bonds is 14. The quantitative estimate of drug-likeness (QED) is 0.303. The SMILES string of the molecule is CCC(CC)(NC(=O)c1ccc(N2CC(F)C2)c(OC[C@H]2C[C@@H]2CO)n1)C(=O)N[C@H](CO)CC(C)C. The van der Waals surface area contributed by atoms with Crippen LogP contribution in [-0.2, 0) is 4.79 Å². The van der Waals surface area contributed by atoms with Gasteiger partial charge < -0.3 is 30.5 Å². The number of halogens is 1. The van der Waals surface area contributed by atoms with E-state index >= 15 is 0 Å². The first-order valence-electron chi connectivity index (χ1n) is 13.0. The lowest BCUT2D eigenvalue weighted by Crippen LogP contribution is -2.60. The van der Waals surface area contributed by atoms with E-state index in [0.29, 0.717) is 37.5 Å². The molecular weight excluding hydrogens is 467 g/mol. The number of aliphatic hydroxyl groups excluding tert-OH is 2. The Kier molecular flexibility index (Phi) is 9.52. The minimum absolute atomic E-state index is 0.0977. The third kappa shape index (κ3) is 6.64. The standard InChI is InChI=1S/C26H41FN4O5/c1-5-26(6-2,25(35)28-20(14-33)9-16(3)4)30-23(34)21-7-8-22(31-11-19(27)12-31)24(29-21)36-15-18-10-17(18)13-32/h7-8,16-20,32-33H,5-6,9-15H2,1-4H3,(H,28,35)(H,30,34)/t17-,18-,20+/m1/s1. The van der Waals surface area contributed by atoms with Crippen molar-refractivity contribution in [2.75, 3.05) is 37.8 Å². The smallest absolute Gasteiger partial charge is 0.270 e. The lowest BCUT2D eigenvalue weighted by atomic mass is 9.90. The van der Waals surface area contributed by atoms with E-state index in [1.54, 1.807) is 12.1 Å². The predicted molar refractivity (Wildman–Crippen MR) is 135 cm³/mol. The van der Waals surface area contributed by atoms with Crippen molar-refractivity contribution in [1.29, 1.82) is 0 Å². The summed E-state index contributed by atoms with van der Waals surface area (Å²) in [5.74, 6) is 0.130. The fraction of sp³-hybridized carbons (Fsp3) is 0.731. The number of aliphatic hydroxyl groups is 2. The monoisotopic (exact) mass is 508 g/mol. The molecule has 1 saturated heterocycles. The Morgan fingerprint density at radius 1 is 1.22 bits per heavy atom. The number of nitrogens with zero attached hydrogens (tertiary/aromatic N) is 2. The molecule has 1 aliphatic heterocycles. The third-order valence-corrected chi connectivity index (χ3v) is 7.29. The number of nitrogens with one attached hydrogen (secondary N) is 2. The Hall–Kier alpha value is -2.46. The van der Waals surface area contributed by atoms with Crippen LogP contribution in [-0.4, -0.2) is 77.7 Å². The average molecular weight is 509 g/mol. The van der Waals surface area contributed by atoms with E-state index < -0.39 is 23.7 Å². The van der Waals surface area contributed by atoms with Gasteiger partial charge in [-0.15, -0.1) is 0 Å². The van der Waals surface area contributed by atoms with Crippen molar-refractivity contribution >= 4 is 17.5 Å². The van der Waals surface area contributed by atoms with Gasteiger partial charge >= 0.3 is 0 Å². The van der Waals surface area contributed by atoms with Gasteiger partial charge in [0.25, 0.3) is 5.91 Å². The second-order valence-electron chi connectivity index (χ2n) is 10.5. The van der Waals surface area contributed by atoms with Gasteiger partial charge in [0.15, 0.2) is 0 Å². The first kappa shape index (κ1) is 28.1. The zero-order valence-corrected chi connectivity index (χ0v) is 21.8. The van der Waals surface area contributed by atoms with Crippen molar-refractivity contribution in [3.63, 3.8) is 0 Å². The molecule has 3 rings (SSSR count). The van der Waals surface area contributed by atoms with Crippen molar-refractivity contribution in [2.45, 2.75) is 71.1 Å². The molecule has 2 fully saturated rings. The molecule has 36 heavy (non-hydrogen) atoms. The van der Waals surface area contributed by atoms with E-state index in [-0.39, 0.29) is 55.6 Å². The van der Waals surface area contributed by atoms with Crippen LogP contribution in [0, 0.1) is 17.8 Å². The summed E-state index contributed by atoms with van der Waals surface area (Å²) >= 11 is 0. The molecule has 0 bridgehead atoms. The minimum atomic E-state index is -1.16. The minimum Gasteiger partial charge on any atom is -0.476 e. The largest absolute Gasteiger partial charge is 0.476 e. The molecule has 0 spiro atoms. The maximum absolute atomic E-state index is 13.5. The van der Waals surface area contributed by atoms with Gasteiger partial charge in [-0.25, -0.2) is 9.37 Å². The maximum Gasteiger partial charge on any atom is 0.270 e. The van der Waals surface area contributed by atoms with E-state index in [9.17, 15) is 24.2 Å². The second-order valence-corrected chi connectivity index (χ2v) is 10.5. The number of anilines is 1. The van der Waals surface area contributed by atoms with Gasteiger partial charge in [0.05, 0.1) is 32.3 Å². The first-order chi connectivity index (χ1) is 17.2. The number of hydrogen-bond acceptors (Lipinski definition) is 7. The van der Waals surface area contributed by atoms with Crippen molar-refractivity contribution < 1.29 is 28.9 Å². The van der Waals surface area contributed by atoms with Crippen molar-refractivity contribution in [1.82, 2.24) is 15.6 Å². The summed E-state index contributed by atoms with van der Waals surface area (Å²) in [5.41, 5.74) is -0.443. The molecule has 4 N–H and O–H groups in total. The molecule has 1 saturated carbocycles. The van der Waals surface area contributed by atoms with Crippen LogP contribution in [0.1, 0.15) is 63.9 Å². The highest BCUT2D eigenvalue weighted by molar-refractivity contribution is 5.98. The van der Waals surface area contributed by atoms with Gasteiger partial charge in [-0.05, 0) is 55.6 Å². The number of amides is 2. The van der Waals surface area contributed by atoms with Crippen LogP contribution in [0.3, 0.4) is 0 Å². The van der Waals surface area contributed by atoms with Crippen LogP contribution in [0.2, 0.25) is 0 Å². The predicted octanol–water partition coefficient (Wildman–Crippen LogP) is 2.06. The average Bonchev–Trinajstić information content (AvgIpc) is 3.61. The van der Waals surface area contributed by atoms with Crippen LogP contribution in [0.5, 0.6) is 5.88 Å². The topological polar surface area (TPSA) is 124 Å². The molecule has 0 radical (unpaired) electrons. The summed E-state index contributed by atoms with van der Waals surface area (Å²) in [7, 11) is 0. The van der Waals surface area contributed by atoms with E-state index in [2.05, 4.69) is 15.6 Å². The molecule has 1 aromatic heterocycles. The lowest BCUT2D eigenvalue weighted by Gasteiger charge is -2.37. The molecule has 1 aromatic rings. The number of carbonyl (C=O) groups is 2. The van der Waals surface area contributed by atoms with Crippen LogP contribution in [0.4, 0.5) is 10.1 Å². The molecule has 2 heterocycles. The zero-order valence-electron chi connectivity index (χ0n) is 21.8. The summed E-state index contributed by atoms with van der Waals surface area (Å²) in [6.07, 6.45) is 1.31. The summed E-state index contributed by atoms with van der Waals surface area (Å²) in [4.78, 5) is 32.8. The Morgan fingerprint density at radius 3 is 2.44 bits per heavy atom. The molecule has 2 aliphatic rings. The first-order valence-corrected chi connectivity index (χ1v) is 13.0. The summed E-state index contributed by atoms with van der Waals surface area (Å²) in [6, 6.07) is 2.86. The van der Waals surface area contributed by atoms with E-state index in [0.717, 1.165) is 6.42 Å². The maximum atomic E-state index is 13.5. The molecule has 3 atom stereocenters. The van der Waals surface area contributed by atoms with Crippen molar-refractivity contribution in [3.8, 4) is 5.88 Å². The van der Waals surface area contributed by atoms with Gasteiger partial charge in [-0.3, -0.25) is 9.59 Å². The van der Waals surface area contributed by atoms with Gasteiger partial charge in [0.2, 0.25) is 11.8 Å². The zero-order chi connectivity index (χ0) is 26.5. The van der Waals surface area contributed by atoms with Gasteiger partial charge in [-0.2, -0.15) is 0 Å². The number of carbonyl (C=O) groups excluding carboxylic acids is 2. The number of aromatic nitrogens is 1. The van der Waals surface area contributed by atoms with Gasteiger partial charge in [0.1, 0.15) is 23.1 Å². The lowest BCUT2D eigenvalue weighted by molar-refractivity contribution is -0.128. The van der Waals surface area contributed by atoms with E-state index in [4.69, 9.17) is 4.74 Å². The molecular formula is C26H41FN4O5. The molecule has 202 valence electrons. The Morgan fingerprint density at radius 2 is 1.92 bits per heavy atom. The highest BCUT2D eigenvalue weighted by Gasteiger charge is 2.39. The number of pyridine rings is 1. The molecule has 2 amide bonds. The Bertz CT molecular complexity index is 904. The van der Waals surface area contributed by atoms with Crippen LogP contribution < -0.4 is 20.3 Å². The highest BCUT2D eigenvalue weighted by atomic mass is 19.1. The third-order valence-electron chi connectivity index (χ3n) is 7.29. The summed E-state index contributed by atoms with van der Waals surface area (Å²) in [5, 5.41) is 24.8. The van der Waals surface area contributed by atoms with Crippen LogP contribution >= 0.6 is 0 Å². The Balaban J connectivity index is 1.76. The van der Waals surface area contributed by atoms with E-state index in [1.807, 2.05) is 32.6 Å². The highest BCUT2D eigenvalue weighted by Crippen LogP contribution is 2.39. The molecule has 0 unspecified atom stereocenters. The normalized spacial score (nSPS) is 20.6. The van der Waals surface area contributed by atoms with E-state index in [1.165, 1.54) is 0 Å². The van der Waals surface area contributed by atoms with Crippen LogP contribution in [0.15, 0.2) is 12.1 Å². The number of ether oxygens (including phenoxy) is 1.